The zero-order valence-corrected chi connectivity index (χ0v) is 11.6. The van der Waals surface area contributed by atoms with E-state index in [4.69, 9.17) is 0 Å². The molecule has 0 amide bonds. The molecule has 0 atom stereocenters. The molecule has 5 heteroatoms. The summed E-state index contributed by atoms with van der Waals surface area (Å²) in [6.45, 7) is 0.583. The highest BCUT2D eigenvalue weighted by Crippen LogP contribution is 2.27. The van der Waals surface area contributed by atoms with Gasteiger partial charge in [0.15, 0.2) is 0 Å². The van der Waals surface area contributed by atoms with Gasteiger partial charge in [-0.15, -0.1) is 0 Å². The minimum atomic E-state index is -0.915. The van der Waals surface area contributed by atoms with Crippen molar-refractivity contribution in [2.24, 2.45) is 7.05 Å². The Morgan fingerprint density at radius 3 is 2.67 bits per heavy atom. The van der Waals surface area contributed by atoms with E-state index in [1.54, 1.807) is 18.3 Å². The number of hydrogen-bond donors (Lipinski definition) is 2. The molecule has 2 aromatic carbocycles. The molecule has 0 aliphatic carbocycles. The molecule has 0 spiro atoms. The molecular formula is C16H15N3O2. The van der Waals surface area contributed by atoms with Gasteiger partial charge in [0, 0.05) is 30.5 Å². The number of rotatable bonds is 4. The van der Waals surface area contributed by atoms with Gasteiger partial charge in [-0.25, -0.2) is 9.78 Å². The van der Waals surface area contributed by atoms with Gasteiger partial charge in [-0.05, 0) is 17.5 Å². The van der Waals surface area contributed by atoms with Crippen LogP contribution in [0.5, 0.6) is 0 Å². The summed E-state index contributed by atoms with van der Waals surface area (Å²) in [5.74, 6) is 0.00300. The Hall–Kier alpha value is -2.82. The molecule has 0 aliphatic rings. The Balaban J connectivity index is 1.98. The molecule has 3 rings (SSSR count). The maximum atomic E-state index is 11.3. The number of anilines is 1. The normalized spacial score (nSPS) is 10.7. The number of aromatic nitrogens is 2. The van der Waals surface area contributed by atoms with E-state index in [9.17, 15) is 9.90 Å². The van der Waals surface area contributed by atoms with Gasteiger partial charge in [0.1, 0.15) is 5.82 Å². The van der Waals surface area contributed by atoms with Crippen molar-refractivity contribution in [3.05, 3.63) is 60.2 Å². The summed E-state index contributed by atoms with van der Waals surface area (Å²) in [5.41, 5.74) is 1.21. The largest absolute Gasteiger partial charge is 0.478 e. The number of carboxylic acid groups (broad SMARTS) is 1. The fourth-order valence-electron chi connectivity index (χ4n) is 2.38. The third-order valence-corrected chi connectivity index (χ3v) is 3.51. The molecule has 0 aliphatic heterocycles. The zero-order valence-electron chi connectivity index (χ0n) is 11.6. The third-order valence-electron chi connectivity index (χ3n) is 3.51. The zero-order chi connectivity index (χ0) is 14.8. The van der Waals surface area contributed by atoms with E-state index in [1.807, 2.05) is 42.1 Å². The van der Waals surface area contributed by atoms with Crippen molar-refractivity contribution in [3.63, 3.8) is 0 Å². The van der Waals surface area contributed by atoms with Gasteiger partial charge in [0.2, 0.25) is 0 Å². The summed E-state index contributed by atoms with van der Waals surface area (Å²) >= 11 is 0. The van der Waals surface area contributed by atoms with Crippen LogP contribution in [0.4, 0.5) is 5.69 Å². The van der Waals surface area contributed by atoms with Crippen molar-refractivity contribution >= 4 is 22.4 Å². The van der Waals surface area contributed by atoms with Crippen molar-refractivity contribution in [1.29, 1.82) is 0 Å². The lowest BCUT2D eigenvalue weighted by Gasteiger charge is -2.11. The van der Waals surface area contributed by atoms with Crippen molar-refractivity contribution < 1.29 is 9.90 Å². The highest BCUT2D eigenvalue weighted by Gasteiger charge is 2.11. The van der Waals surface area contributed by atoms with Crippen LogP contribution in [0.1, 0.15) is 16.2 Å². The van der Waals surface area contributed by atoms with E-state index < -0.39 is 5.97 Å². The second kappa shape index (κ2) is 5.28. The first kappa shape index (κ1) is 13.2. The van der Waals surface area contributed by atoms with Crippen molar-refractivity contribution in [3.8, 4) is 0 Å². The van der Waals surface area contributed by atoms with Crippen LogP contribution in [0.2, 0.25) is 0 Å². The number of carbonyl (C=O) groups is 1. The molecule has 0 unspecified atom stereocenters. The summed E-state index contributed by atoms with van der Waals surface area (Å²) in [5, 5.41) is 14.2. The molecule has 21 heavy (non-hydrogen) atoms. The predicted octanol–water partition coefficient (Wildman–Crippen LogP) is 2.88. The average molecular weight is 281 g/mol. The molecule has 1 aromatic heterocycles. The second-order valence-electron chi connectivity index (χ2n) is 4.82. The molecule has 5 nitrogen and oxygen atoms in total. The van der Waals surface area contributed by atoms with Gasteiger partial charge < -0.3 is 15.0 Å². The molecule has 1 heterocycles. The Kier molecular flexibility index (Phi) is 3.31. The van der Waals surface area contributed by atoms with Gasteiger partial charge in [-0.2, -0.15) is 0 Å². The Morgan fingerprint density at radius 1 is 1.24 bits per heavy atom. The number of aromatic carboxylic acids is 1. The van der Waals surface area contributed by atoms with Crippen molar-refractivity contribution in [2.75, 3.05) is 5.32 Å². The summed E-state index contributed by atoms with van der Waals surface area (Å²) in [7, 11) is 1.94. The van der Waals surface area contributed by atoms with Crippen molar-refractivity contribution in [2.45, 2.75) is 6.54 Å². The van der Waals surface area contributed by atoms with E-state index in [-0.39, 0.29) is 0 Å². The van der Waals surface area contributed by atoms with Crippen LogP contribution in [0.3, 0.4) is 0 Å². The van der Waals surface area contributed by atoms with Gasteiger partial charge in [0.25, 0.3) is 0 Å². The lowest BCUT2D eigenvalue weighted by atomic mass is 10.0. The van der Waals surface area contributed by atoms with Gasteiger partial charge in [-0.1, -0.05) is 24.3 Å². The van der Waals surface area contributed by atoms with Crippen LogP contribution < -0.4 is 5.32 Å². The number of imidazole rings is 1. The van der Waals surface area contributed by atoms with Crippen LogP contribution in [-0.2, 0) is 13.6 Å². The summed E-state index contributed by atoms with van der Waals surface area (Å²) in [6, 6.07) is 10.9. The minimum absolute atomic E-state index is 0.313. The number of nitrogens with one attached hydrogen (secondary N) is 1. The van der Waals surface area contributed by atoms with Gasteiger partial charge in [0.05, 0.1) is 12.1 Å². The van der Waals surface area contributed by atoms with E-state index >= 15 is 0 Å². The molecule has 0 radical (unpaired) electrons. The number of aryl methyl sites for hydroxylation is 1. The first-order chi connectivity index (χ1) is 10.2. The summed E-state index contributed by atoms with van der Waals surface area (Å²) < 4.78 is 1.95. The van der Waals surface area contributed by atoms with Crippen LogP contribution in [0.25, 0.3) is 10.8 Å². The summed E-state index contributed by atoms with van der Waals surface area (Å²) in [4.78, 5) is 15.5. The van der Waals surface area contributed by atoms with E-state index in [1.165, 1.54) is 0 Å². The van der Waals surface area contributed by atoms with Crippen LogP contribution >= 0.6 is 0 Å². The van der Waals surface area contributed by atoms with Crippen LogP contribution in [0.15, 0.2) is 48.8 Å². The quantitative estimate of drug-likeness (QED) is 0.771. The predicted molar refractivity (Wildman–Crippen MR) is 81.4 cm³/mol. The topological polar surface area (TPSA) is 67.2 Å². The first-order valence-electron chi connectivity index (χ1n) is 6.62. The maximum absolute atomic E-state index is 11.3. The number of fused-ring (bicyclic) bond motifs is 1. The van der Waals surface area contributed by atoms with Crippen LogP contribution in [-0.4, -0.2) is 20.6 Å². The van der Waals surface area contributed by atoms with Gasteiger partial charge in [-0.3, -0.25) is 0 Å². The molecular weight excluding hydrogens is 266 g/mol. The highest BCUT2D eigenvalue weighted by atomic mass is 16.4. The Bertz CT molecular complexity index is 808. The molecule has 0 bridgehead atoms. The number of hydrogen-bond acceptors (Lipinski definition) is 3. The lowest BCUT2D eigenvalue weighted by molar-refractivity contribution is 0.0699. The Morgan fingerprint density at radius 2 is 2.00 bits per heavy atom. The standard InChI is InChI=1S/C16H15N3O2/c1-19-9-8-17-15(19)10-18-14-7-6-13(16(20)21)11-4-2-3-5-12(11)14/h2-9,18H,10H2,1H3,(H,20,21). The fraction of sp³-hybridized carbons (Fsp3) is 0.125. The molecule has 2 N–H and O–H groups in total. The van der Waals surface area contributed by atoms with E-state index in [2.05, 4.69) is 10.3 Å². The monoisotopic (exact) mass is 281 g/mol. The van der Waals surface area contributed by atoms with E-state index in [0.29, 0.717) is 12.1 Å². The molecule has 106 valence electrons. The smallest absolute Gasteiger partial charge is 0.336 e. The second-order valence-corrected chi connectivity index (χ2v) is 4.82. The minimum Gasteiger partial charge on any atom is -0.478 e. The number of nitrogens with zero attached hydrogens (tertiary/aromatic N) is 2. The Labute approximate surface area is 121 Å². The molecule has 0 fully saturated rings. The van der Waals surface area contributed by atoms with Crippen molar-refractivity contribution in [1.82, 2.24) is 9.55 Å². The number of carboxylic acids is 1. The van der Waals surface area contributed by atoms with E-state index in [0.717, 1.165) is 22.3 Å². The molecule has 0 saturated carbocycles. The molecule has 3 aromatic rings. The summed E-state index contributed by atoms with van der Waals surface area (Å²) in [6.07, 6.45) is 3.64. The van der Waals surface area contributed by atoms with Gasteiger partial charge >= 0.3 is 5.97 Å². The molecule has 0 saturated heterocycles. The first-order valence-corrected chi connectivity index (χ1v) is 6.62. The SMILES string of the molecule is Cn1ccnc1CNc1ccc(C(=O)O)c2ccccc12. The van der Waals surface area contributed by atoms with Crippen LogP contribution in [0, 0.1) is 0 Å². The number of benzene rings is 2. The lowest BCUT2D eigenvalue weighted by Crippen LogP contribution is -2.06. The maximum Gasteiger partial charge on any atom is 0.336 e. The third kappa shape index (κ3) is 2.45. The fourth-order valence-corrected chi connectivity index (χ4v) is 2.38. The average Bonchev–Trinajstić information content (AvgIpc) is 2.89. The highest BCUT2D eigenvalue weighted by molar-refractivity contribution is 6.07.